The lowest BCUT2D eigenvalue weighted by molar-refractivity contribution is -0.684. The lowest BCUT2D eigenvalue weighted by Crippen LogP contribution is -2.38. The third-order valence-corrected chi connectivity index (χ3v) is 5.30. The highest BCUT2D eigenvalue weighted by molar-refractivity contribution is 5.93. The molecule has 0 radical (unpaired) electrons. The van der Waals surface area contributed by atoms with E-state index >= 15 is 0 Å². The smallest absolute Gasteiger partial charge is 0.287 e. The molecule has 1 unspecified atom stereocenters. The minimum Gasteiger partial charge on any atom is -0.458 e. The van der Waals surface area contributed by atoms with Gasteiger partial charge in [-0.1, -0.05) is 0 Å². The highest BCUT2D eigenvalue weighted by atomic mass is 16.3. The SMILES string of the molecule is C/C(c1ccco1)=[N+]1/[C@H]2C(C(=O)N1C)[C@@H]1CC[C@H]2C1. The van der Waals surface area contributed by atoms with Gasteiger partial charge in [-0.3, -0.25) is 4.79 Å². The van der Waals surface area contributed by atoms with Crippen molar-refractivity contribution < 1.29 is 13.9 Å². The summed E-state index contributed by atoms with van der Waals surface area (Å²) in [5.41, 5.74) is 1.06. The van der Waals surface area contributed by atoms with Crippen molar-refractivity contribution in [1.82, 2.24) is 5.01 Å². The van der Waals surface area contributed by atoms with Crippen molar-refractivity contribution in [3.05, 3.63) is 24.2 Å². The van der Waals surface area contributed by atoms with Gasteiger partial charge in [0.05, 0.1) is 13.3 Å². The van der Waals surface area contributed by atoms with Crippen LogP contribution in [0.5, 0.6) is 0 Å². The summed E-state index contributed by atoms with van der Waals surface area (Å²) in [5.74, 6) is 2.66. The van der Waals surface area contributed by atoms with Gasteiger partial charge < -0.3 is 4.42 Å². The first kappa shape index (κ1) is 11.3. The molecule has 1 aliphatic heterocycles. The first-order chi connectivity index (χ1) is 9.18. The zero-order chi connectivity index (χ0) is 13.1. The zero-order valence-electron chi connectivity index (χ0n) is 11.4. The monoisotopic (exact) mass is 259 g/mol. The van der Waals surface area contributed by atoms with Crippen LogP contribution in [0, 0.1) is 17.8 Å². The van der Waals surface area contributed by atoms with E-state index in [1.807, 2.05) is 24.2 Å². The van der Waals surface area contributed by atoms with Crippen LogP contribution in [0.4, 0.5) is 0 Å². The fourth-order valence-corrected chi connectivity index (χ4v) is 4.53. The van der Waals surface area contributed by atoms with Crippen LogP contribution in [0.25, 0.3) is 0 Å². The molecular formula is C15H19N2O2+. The van der Waals surface area contributed by atoms with Gasteiger partial charge in [0.25, 0.3) is 5.91 Å². The molecule has 100 valence electrons. The van der Waals surface area contributed by atoms with E-state index < -0.39 is 0 Å². The van der Waals surface area contributed by atoms with Gasteiger partial charge in [0.15, 0.2) is 11.8 Å². The lowest BCUT2D eigenvalue weighted by atomic mass is 9.85. The molecule has 2 saturated carbocycles. The number of hydrogen-bond acceptors (Lipinski definition) is 2. The van der Waals surface area contributed by atoms with Gasteiger partial charge in [-0.15, -0.1) is 9.69 Å². The Balaban J connectivity index is 1.84. The highest BCUT2D eigenvalue weighted by Gasteiger charge is 2.64. The van der Waals surface area contributed by atoms with Crippen LogP contribution >= 0.6 is 0 Å². The normalized spacial score (nSPS) is 39.1. The number of carbonyl (C=O) groups is 1. The van der Waals surface area contributed by atoms with Crippen molar-refractivity contribution in [2.24, 2.45) is 17.8 Å². The van der Waals surface area contributed by atoms with E-state index in [4.69, 9.17) is 4.42 Å². The first-order valence-corrected chi connectivity index (χ1v) is 7.12. The van der Waals surface area contributed by atoms with Crippen molar-refractivity contribution in [1.29, 1.82) is 0 Å². The van der Waals surface area contributed by atoms with E-state index in [0.717, 1.165) is 11.5 Å². The average molecular weight is 259 g/mol. The van der Waals surface area contributed by atoms with E-state index in [1.165, 1.54) is 19.3 Å². The molecule has 2 aliphatic carbocycles. The van der Waals surface area contributed by atoms with Crippen LogP contribution in [-0.4, -0.2) is 34.4 Å². The Labute approximate surface area is 112 Å². The minimum absolute atomic E-state index is 0.216. The standard InChI is InChI=1S/C15H19N2O2/c1-9(12-4-3-7-19-12)17-14-11-6-5-10(8-11)13(14)15(18)16(17)2/h3-4,7,10-11,13-14H,5-6,8H2,1-2H3/q+1/b17-9+/t10-,11+,13?,14-/m1/s1. The summed E-state index contributed by atoms with van der Waals surface area (Å²) in [4.78, 5) is 12.5. The summed E-state index contributed by atoms with van der Waals surface area (Å²) in [6.07, 6.45) is 5.43. The summed E-state index contributed by atoms with van der Waals surface area (Å²) in [5, 5.41) is 1.82. The summed E-state index contributed by atoms with van der Waals surface area (Å²) in [6, 6.07) is 4.23. The predicted octanol–water partition coefficient (Wildman–Crippen LogP) is 1.90. The lowest BCUT2D eigenvalue weighted by Gasteiger charge is -2.18. The molecule has 4 heteroatoms. The minimum atomic E-state index is 0.216. The van der Waals surface area contributed by atoms with Crippen molar-refractivity contribution in [3.8, 4) is 0 Å². The van der Waals surface area contributed by atoms with E-state index in [-0.39, 0.29) is 5.92 Å². The number of rotatable bonds is 1. The Bertz CT molecular complexity index is 561. The second-order valence-corrected chi connectivity index (χ2v) is 6.12. The molecule has 1 aromatic heterocycles. The third-order valence-electron chi connectivity index (χ3n) is 5.30. The van der Waals surface area contributed by atoms with Gasteiger partial charge in [0.1, 0.15) is 5.92 Å². The topological polar surface area (TPSA) is 36.5 Å². The molecule has 1 amide bonds. The quantitative estimate of drug-likeness (QED) is 0.722. The van der Waals surface area contributed by atoms with Crippen molar-refractivity contribution in [3.63, 3.8) is 0 Å². The number of hydrazine groups is 1. The molecule has 0 N–H and O–H groups in total. The zero-order valence-corrected chi connectivity index (χ0v) is 11.4. The number of hydrogen-bond donors (Lipinski definition) is 0. The van der Waals surface area contributed by atoms with Crippen LogP contribution in [0.3, 0.4) is 0 Å². The second kappa shape index (κ2) is 3.71. The maximum Gasteiger partial charge on any atom is 0.287 e. The molecule has 2 heterocycles. The van der Waals surface area contributed by atoms with Gasteiger partial charge >= 0.3 is 0 Å². The van der Waals surface area contributed by atoms with Gasteiger partial charge in [-0.25, -0.2) is 0 Å². The Morgan fingerprint density at radius 3 is 2.95 bits per heavy atom. The Kier molecular flexibility index (Phi) is 2.20. The van der Waals surface area contributed by atoms with Gasteiger partial charge in [-0.2, -0.15) is 0 Å². The predicted molar refractivity (Wildman–Crippen MR) is 69.6 cm³/mol. The van der Waals surface area contributed by atoms with Crippen molar-refractivity contribution in [2.75, 3.05) is 7.05 Å². The van der Waals surface area contributed by atoms with E-state index in [9.17, 15) is 4.79 Å². The largest absolute Gasteiger partial charge is 0.458 e. The number of nitrogens with zero attached hydrogens (tertiary/aromatic N) is 2. The average Bonchev–Trinajstić information content (AvgIpc) is 3.14. The van der Waals surface area contributed by atoms with Gasteiger partial charge in [0.2, 0.25) is 5.71 Å². The molecule has 4 nitrogen and oxygen atoms in total. The molecule has 2 bridgehead atoms. The van der Waals surface area contributed by atoms with E-state index in [2.05, 4.69) is 11.6 Å². The van der Waals surface area contributed by atoms with Crippen LogP contribution < -0.4 is 0 Å². The molecule has 1 aromatic rings. The molecule has 0 aromatic carbocycles. The first-order valence-electron chi connectivity index (χ1n) is 7.12. The Hall–Kier alpha value is -1.58. The highest BCUT2D eigenvalue weighted by Crippen LogP contribution is 2.53. The molecule has 4 rings (SSSR count). The van der Waals surface area contributed by atoms with Crippen LogP contribution in [0.1, 0.15) is 31.9 Å². The number of amides is 1. The van der Waals surface area contributed by atoms with Crippen LogP contribution in [0.2, 0.25) is 0 Å². The molecule has 0 spiro atoms. The summed E-state index contributed by atoms with van der Waals surface area (Å²) >= 11 is 0. The van der Waals surface area contributed by atoms with Crippen LogP contribution in [-0.2, 0) is 4.79 Å². The number of fused-ring (bicyclic) bond motifs is 5. The maximum absolute atomic E-state index is 12.5. The molecule has 19 heavy (non-hydrogen) atoms. The second-order valence-electron chi connectivity index (χ2n) is 6.12. The summed E-state index contributed by atoms with van der Waals surface area (Å²) in [7, 11) is 1.90. The van der Waals surface area contributed by atoms with Crippen molar-refractivity contribution >= 4 is 11.6 Å². The Morgan fingerprint density at radius 1 is 1.42 bits per heavy atom. The fraction of sp³-hybridized carbons (Fsp3) is 0.600. The van der Waals surface area contributed by atoms with E-state index in [1.54, 1.807) is 6.26 Å². The molecule has 3 fully saturated rings. The van der Waals surface area contributed by atoms with Gasteiger partial charge in [0, 0.05) is 12.8 Å². The fourth-order valence-electron chi connectivity index (χ4n) is 4.53. The summed E-state index contributed by atoms with van der Waals surface area (Å²) < 4.78 is 7.69. The van der Waals surface area contributed by atoms with Gasteiger partial charge in [-0.05, 0) is 37.3 Å². The molecule has 1 saturated heterocycles. The molecule has 4 atom stereocenters. The number of carbonyl (C=O) groups excluding carboxylic acids is 1. The van der Waals surface area contributed by atoms with Crippen LogP contribution in [0.15, 0.2) is 22.8 Å². The van der Waals surface area contributed by atoms with Crippen molar-refractivity contribution in [2.45, 2.75) is 32.2 Å². The van der Waals surface area contributed by atoms with E-state index in [0.29, 0.717) is 23.8 Å². The molecular weight excluding hydrogens is 240 g/mol. The Morgan fingerprint density at radius 2 is 2.21 bits per heavy atom. The molecule has 3 aliphatic rings. The third kappa shape index (κ3) is 1.34. The summed E-state index contributed by atoms with van der Waals surface area (Å²) in [6.45, 7) is 2.05. The number of furan rings is 1. The maximum atomic E-state index is 12.5. The number of hydrazone groups is 1.